The molecule has 1 aliphatic heterocycles. The zero-order chi connectivity index (χ0) is 23.4. The van der Waals surface area contributed by atoms with E-state index in [1.807, 2.05) is 92.5 Å². The minimum absolute atomic E-state index is 0.0492. The van der Waals surface area contributed by atoms with Crippen LogP contribution in [-0.2, 0) is 22.7 Å². The zero-order valence-electron chi connectivity index (χ0n) is 19.1. The number of ether oxygens (including phenoxy) is 1. The van der Waals surface area contributed by atoms with Crippen molar-refractivity contribution in [3.63, 3.8) is 0 Å². The van der Waals surface area contributed by atoms with Crippen LogP contribution in [0.15, 0.2) is 84.8 Å². The van der Waals surface area contributed by atoms with Gasteiger partial charge >= 0.3 is 0 Å². The molecule has 6 heteroatoms. The van der Waals surface area contributed by atoms with Crippen molar-refractivity contribution in [1.29, 1.82) is 0 Å². The molecule has 0 N–H and O–H groups in total. The molecule has 0 bridgehead atoms. The summed E-state index contributed by atoms with van der Waals surface area (Å²) in [5, 5.41) is 0. The van der Waals surface area contributed by atoms with Gasteiger partial charge in [0, 0.05) is 26.0 Å². The molecule has 0 spiro atoms. The fraction of sp³-hybridized carbons (Fsp3) is 0.222. The lowest BCUT2D eigenvalue weighted by Crippen LogP contribution is -2.33. The molecule has 2 aromatic carbocycles. The minimum atomic E-state index is -0.302. The molecule has 2 heterocycles. The van der Waals surface area contributed by atoms with Crippen LogP contribution in [-0.4, -0.2) is 39.7 Å². The first-order valence-electron chi connectivity index (χ1n) is 11.0. The van der Waals surface area contributed by atoms with Gasteiger partial charge in [0.05, 0.1) is 18.2 Å². The molecule has 0 unspecified atom stereocenters. The van der Waals surface area contributed by atoms with Gasteiger partial charge in [-0.2, -0.15) is 0 Å². The van der Waals surface area contributed by atoms with Gasteiger partial charge in [-0.1, -0.05) is 42.5 Å². The topological polar surface area (TPSA) is 62.7 Å². The number of nitrogens with zero attached hydrogens (tertiary/aromatic N) is 3. The maximum Gasteiger partial charge on any atom is 0.278 e. The fourth-order valence-electron chi connectivity index (χ4n) is 3.90. The van der Waals surface area contributed by atoms with E-state index in [0.717, 1.165) is 16.9 Å². The van der Waals surface area contributed by atoms with Crippen molar-refractivity contribution in [2.45, 2.75) is 33.0 Å². The number of pyridine rings is 1. The van der Waals surface area contributed by atoms with E-state index in [1.165, 1.54) is 4.90 Å². The minimum Gasteiger partial charge on any atom is -0.491 e. The van der Waals surface area contributed by atoms with E-state index in [4.69, 9.17) is 4.74 Å². The molecule has 4 rings (SSSR count). The number of carbonyl (C=O) groups excluding carboxylic acids is 2. The van der Waals surface area contributed by atoms with Crippen LogP contribution in [0, 0.1) is 0 Å². The average Bonchev–Trinajstić information content (AvgIpc) is 3.05. The summed E-state index contributed by atoms with van der Waals surface area (Å²) in [4.78, 5) is 34.2. The fourth-order valence-corrected chi connectivity index (χ4v) is 3.90. The summed E-state index contributed by atoms with van der Waals surface area (Å²) in [6.07, 6.45) is 3.36. The predicted molar refractivity (Wildman–Crippen MR) is 127 cm³/mol. The number of hydrogen-bond acceptors (Lipinski definition) is 5. The van der Waals surface area contributed by atoms with Crippen molar-refractivity contribution in [2.75, 3.05) is 7.05 Å². The summed E-state index contributed by atoms with van der Waals surface area (Å²) >= 11 is 0. The third-order valence-electron chi connectivity index (χ3n) is 5.39. The number of imide groups is 1. The molecule has 0 saturated heterocycles. The molecule has 0 aliphatic carbocycles. The van der Waals surface area contributed by atoms with E-state index in [1.54, 1.807) is 12.4 Å². The Morgan fingerprint density at radius 3 is 2.18 bits per heavy atom. The molecule has 6 nitrogen and oxygen atoms in total. The van der Waals surface area contributed by atoms with Crippen molar-refractivity contribution in [3.05, 3.63) is 102 Å². The molecule has 168 valence electrons. The first kappa shape index (κ1) is 22.3. The monoisotopic (exact) mass is 441 g/mol. The highest BCUT2D eigenvalue weighted by molar-refractivity contribution is 6.35. The number of carbonyl (C=O) groups is 2. The Balaban J connectivity index is 1.70. The summed E-state index contributed by atoms with van der Waals surface area (Å²) in [5.41, 5.74) is 3.40. The van der Waals surface area contributed by atoms with Gasteiger partial charge in [-0.25, -0.2) is 0 Å². The summed E-state index contributed by atoms with van der Waals surface area (Å²) in [6.45, 7) is 4.63. The number of amides is 2. The van der Waals surface area contributed by atoms with Crippen LogP contribution in [0.3, 0.4) is 0 Å². The molecule has 0 fully saturated rings. The second kappa shape index (κ2) is 9.69. The standard InChI is InChI=1S/C27H27N3O3/c1-19(2)33-23-11-9-22(10-12-23)24-25(29(3)17-20-7-5-4-6-8-20)27(32)30(26(24)31)18-21-13-15-28-16-14-21/h4-16,19H,17-18H2,1-3H3. The molecule has 1 aromatic heterocycles. The number of benzene rings is 2. The average molecular weight is 442 g/mol. The van der Waals surface area contributed by atoms with Crippen molar-refractivity contribution < 1.29 is 14.3 Å². The van der Waals surface area contributed by atoms with Gasteiger partial charge in [0.25, 0.3) is 11.8 Å². The Morgan fingerprint density at radius 2 is 1.55 bits per heavy atom. The van der Waals surface area contributed by atoms with Crippen LogP contribution in [0.5, 0.6) is 5.75 Å². The van der Waals surface area contributed by atoms with E-state index in [9.17, 15) is 9.59 Å². The first-order chi connectivity index (χ1) is 15.9. The molecular formula is C27H27N3O3. The van der Waals surface area contributed by atoms with Gasteiger partial charge in [0.2, 0.25) is 0 Å². The lowest BCUT2D eigenvalue weighted by atomic mass is 10.0. The molecule has 2 amide bonds. The van der Waals surface area contributed by atoms with Crippen LogP contribution in [0.4, 0.5) is 0 Å². The van der Waals surface area contributed by atoms with E-state index in [-0.39, 0.29) is 24.5 Å². The van der Waals surface area contributed by atoms with E-state index < -0.39 is 0 Å². The molecule has 1 aliphatic rings. The quantitative estimate of drug-likeness (QED) is 0.488. The van der Waals surface area contributed by atoms with Crippen LogP contribution < -0.4 is 4.74 Å². The highest BCUT2D eigenvalue weighted by atomic mass is 16.5. The maximum atomic E-state index is 13.5. The van der Waals surface area contributed by atoms with Crippen molar-refractivity contribution in [1.82, 2.24) is 14.8 Å². The van der Waals surface area contributed by atoms with E-state index >= 15 is 0 Å². The molecule has 0 radical (unpaired) electrons. The van der Waals surface area contributed by atoms with Gasteiger partial charge in [-0.3, -0.25) is 19.5 Å². The van der Waals surface area contributed by atoms with Crippen molar-refractivity contribution in [2.24, 2.45) is 0 Å². The number of aromatic nitrogens is 1. The molecule has 0 atom stereocenters. The smallest absolute Gasteiger partial charge is 0.278 e. The molecule has 33 heavy (non-hydrogen) atoms. The van der Waals surface area contributed by atoms with Crippen molar-refractivity contribution in [3.8, 4) is 5.75 Å². The summed E-state index contributed by atoms with van der Waals surface area (Å²) in [5.74, 6) is 0.121. The lowest BCUT2D eigenvalue weighted by Gasteiger charge is -2.21. The second-order valence-electron chi connectivity index (χ2n) is 8.31. The lowest BCUT2D eigenvalue weighted by molar-refractivity contribution is -0.138. The predicted octanol–water partition coefficient (Wildman–Crippen LogP) is 4.28. The Morgan fingerprint density at radius 1 is 0.879 bits per heavy atom. The Labute approximate surface area is 194 Å². The zero-order valence-corrected chi connectivity index (χ0v) is 19.1. The third-order valence-corrected chi connectivity index (χ3v) is 5.39. The van der Waals surface area contributed by atoms with Gasteiger partial charge in [0.15, 0.2) is 0 Å². The number of likely N-dealkylation sites (N-methyl/N-ethyl adjacent to an activating group) is 1. The maximum absolute atomic E-state index is 13.5. The van der Waals surface area contributed by atoms with Crippen LogP contribution >= 0.6 is 0 Å². The Kier molecular flexibility index (Phi) is 6.54. The van der Waals surface area contributed by atoms with Gasteiger partial charge < -0.3 is 9.64 Å². The van der Waals surface area contributed by atoms with E-state index in [0.29, 0.717) is 23.4 Å². The van der Waals surface area contributed by atoms with Crippen LogP contribution in [0.2, 0.25) is 0 Å². The largest absolute Gasteiger partial charge is 0.491 e. The highest BCUT2D eigenvalue weighted by Crippen LogP contribution is 2.33. The first-order valence-corrected chi connectivity index (χ1v) is 11.0. The SMILES string of the molecule is CC(C)Oc1ccc(C2=C(N(C)Cc3ccccc3)C(=O)N(Cc3ccncc3)C2=O)cc1. The summed E-state index contributed by atoms with van der Waals surface area (Å²) in [6, 6.07) is 20.8. The van der Waals surface area contributed by atoms with Crippen molar-refractivity contribution >= 4 is 17.4 Å². The van der Waals surface area contributed by atoms with Crippen LogP contribution in [0.1, 0.15) is 30.5 Å². The highest BCUT2D eigenvalue weighted by Gasteiger charge is 2.40. The Hall–Kier alpha value is -3.93. The third kappa shape index (κ3) is 4.95. The van der Waals surface area contributed by atoms with Gasteiger partial charge in [-0.15, -0.1) is 0 Å². The second-order valence-corrected chi connectivity index (χ2v) is 8.31. The summed E-state index contributed by atoms with van der Waals surface area (Å²) in [7, 11) is 1.85. The number of rotatable bonds is 8. The molecular weight excluding hydrogens is 414 g/mol. The van der Waals surface area contributed by atoms with Crippen LogP contribution in [0.25, 0.3) is 5.57 Å². The summed E-state index contributed by atoms with van der Waals surface area (Å²) < 4.78 is 5.74. The van der Waals surface area contributed by atoms with Gasteiger partial charge in [-0.05, 0) is 54.8 Å². The molecule has 3 aromatic rings. The molecule has 0 saturated carbocycles. The van der Waals surface area contributed by atoms with Gasteiger partial charge in [0.1, 0.15) is 11.4 Å². The van der Waals surface area contributed by atoms with E-state index in [2.05, 4.69) is 4.98 Å². The Bertz CT molecular complexity index is 1160. The number of hydrogen-bond donors (Lipinski definition) is 0. The normalized spacial score (nSPS) is 13.8.